The molecule has 0 aromatic heterocycles. The van der Waals surface area contributed by atoms with Gasteiger partial charge in [0, 0.05) is 5.92 Å². The molecule has 2 aliphatic heterocycles. The minimum absolute atomic E-state index is 0.0294. The van der Waals surface area contributed by atoms with Crippen LogP contribution in [-0.4, -0.2) is 30.6 Å². The lowest BCUT2D eigenvalue weighted by atomic mass is 10.0. The van der Waals surface area contributed by atoms with E-state index in [0.29, 0.717) is 0 Å². The first kappa shape index (κ1) is 2.86. The van der Waals surface area contributed by atoms with Crippen molar-refractivity contribution in [1.82, 2.24) is 0 Å². The number of fused-ring (bicyclic) bond motifs is 1. The Kier molecular flexibility index (Phi) is 0.616. The third-order valence-corrected chi connectivity index (χ3v) is 1.58. The van der Waals surface area contributed by atoms with Crippen molar-refractivity contribution in [1.29, 1.82) is 0 Å². The summed E-state index contributed by atoms with van der Waals surface area (Å²) in [6.07, 6.45) is -2.30. The fraction of sp³-hybridized carbons (Fsp3) is 1.00. The molecule has 2 fully saturated rings. The van der Waals surface area contributed by atoms with E-state index in [1.165, 1.54) is 0 Å². The molecule has 1 N–H and O–H groups in total. The molecular formula is C6H10O3. The van der Waals surface area contributed by atoms with Gasteiger partial charge in [0.05, 0.1) is 24.7 Å². The molecule has 0 amide bonds. The average molecular weight is 134 g/mol. The predicted octanol–water partition coefficient (Wildman–Crippen LogP) is -0.260. The summed E-state index contributed by atoms with van der Waals surface area (Å²) in [5.74, 6) is -0.606. The molecule has 3 heteroatoms. The normalized spacial score (nSPS) is 67.4. The van der Waals surface area contributed by atoms with Crippen LogP contribution in [0.2, 0.25) is 0 Å². The van der Waals surface area contributed by atoms with Gasteiger partial charge in [-0.05, 0) is 6.42 Å². The summed E-state index contributed by atoms with van der Waals surface area (Å²) in [5.41, 5.74) is 0. The molecule has 0 spiro atoms. The molecule has 9 heavy (non-hydrogen) atoms. The van der Waals surface area contributed by atoms with Crippen molar-refractivity contribution >= 4 is 0 Å². The van der Waals surface area contributed by atoms with Crippen molar-refractivity contribution in [3.8, 4) is 0 Å². The molecule has 2 rings (SSSR count). The maximum absolute atomic E-state index is 9.41. The summed E-state index contributed by atoms with van der Waals surface area (Å²) in [4.78, 5) is 0. The van der Waals surface area contributed by atoms with Crippen LogP contribution in [0.1, 0.15) is 11.9 Å². The third-order valence-electron chi connectivity index (χ3n) is 1.58. The lowest BCUT2D eigenvalue weighted by Gasteiger charge is -2.06. The Morgan fingerprint density at radius 2 is 2.44 bits per heavy atom. The van der Waals surface area contributed by atoms with Crippen molar-refractivity contribution in [2.45, 2.75) is 18.8 Å². The first-order valence-corrected chi connectivity index (χ1v) is 2.85. The Morgan fingerprint density at radius 1 is 1.56 bits per heavy atom. The van der Waals surface area contributed by atoms with Gasteiger partial charge < -0.3 is 14.6 Å². The summed E-state index contributed by atoms with van der Waals surface area (Å²) in [5, 5.41) is 9.41. The van der Waals surface area contributed by atoms with Gasteiger partial charge >= 0.3 is 0 Å². The van der Waals surface area contributed by atoms with Crippen LogP contribution in [0.15, 0.2) is 0 Å². The highest BCUT2D eigenvalue weighted by atomic mass is 16.7. The van der Waals surface area contributed by atoms with Crippen LogP contribution in [0, 0.1) is 5.92 Å². The van der Waals surface area contributed by atoms with Gasteiger partial charge in [-0.15, -0.1) is 0 Å². The Bertz CT molecular complexity index is 232. The van der Waals surface area contributed by atoms with Crippen molar-refractivity contribution < 1.29 is 20.1 Å². The SMILES string of the molecule is [2H]C1([2H])C[C@@H]2[C@H](O1)OC([2H])([2H])[C@@H]2O. The van der Waals surface area contributed by atoms with E-state index in [1.807, 2.05) is 0 Å². The zero-order valence-corrected chi connectivity index (χ0v) is 4.70. The second-order valence-corrected chi connectivity index (χ2v) is 2.18. The molecule has 3 atom stereocenters. The van der Waals surface area contributed by atoms with Crippen LogP contribution in [0.3, 0.4) is 0 Å². The Morgan fingerprint density at radius 3 is 3.22 bits per heavy atom. The van der Waals surface area contributed by atoms with E-state index in [4.69, 9.17) is 15.0 Å². The monoisotopic (exact) mass is 134 g/mol. The Labute approximate surface area is 59.2 Å². The van der Waals surface area contributed by atoms with Gasteiger partial charge in [0.2, 0.25) is 0 Å². The predicted molar refractivity (Wildman–Crippen MR) is 29.8 cm³/mol. The number of hydrogen-bond acceptors (Lipinski definition) is 3. The molecular weight excluding hydrogens is 120 g/mol. The molecule has 2 aliphatic rings. The molecule has 0 aromatic carbocycles. The highest BCUT2D eigenvalue weighted by molar-refractivity contribution is 4.81. The second kappa shape index (κ2) is 1.94. The van der Waals surface area contributed by atoms with Gasteiger partial charge in [-0.3, -0.25) is 0 Å². The topological polar surface area (TPSA) is 38.7 Å². The van der Waals surface area contributed by atoms with E-state index in [2.05, 4.69) is 0 Å². The number of rotatable bonds is 0. The summed E-state index contributed by atoms with van der Waals surface area (Å²) >= 11 is 0. The van der Waals surface area contributed by atoms with Gasteiger partial charge in [0.25, 0.3) is 0 Å². The maximum Gasteiger partial charge on any atom is 0.163 e. The highest BCUT2D eigenvalue weighted by Gasteiger charge is 2.40. The number of aliphatic hydroxyl groups is 1. The zero-order valence-electron chi connectivity index (χ0n) is 8.70. The van der Waals surface area contributed by atoms with Crippen LogP contribution < -0.4 is 0 Å². The fourth-order valence-corrected chi connectivity index (χ4v) is 1.01. The van der Waals surface area contributed by atoms with Gasteiger partial charge in [-0.2, -0.15) is 0 Å². The van der Waals surface area contributed by atoms with Crippen LogP contribution >= 0.6 is 0 Å². The van der Waals surface area contributed by atoms with Crippen LogP contribution in [0.5, 0.6) is 0 Å². The lowest BCUT2D eigenvalue weighted by molar-refractivity contribution is -0.0907. The second-order valence-electron chi connectivity index (χ2n) is 2.18. The first-order valence-electron chi connectivity index (χ1n) is 4.85. The molecule has 3 nitrogen and oxygen atoms in total. The smallest absolute Gasteiger partial charge is 0.163 e. The molecule has 2 heterocycles. The fourth-order valence-electron chi connectivity index (χ4n) is 1.01. The average Bonchev–Trinajstić information content (AvgIpc) is 2.30. The van der Waals surface area contributed by atoms with E-state index in [1.54, 1.807) is 0 Å². The maximum atomic E-state index is 9.41. The van der Waals surface area contributed by atoms with E-state index in [-0.39, 0.29) is 6.42 Å². The summed E-state index contributed by atoms with van der Waals surface area (Å²) in [6, 6.07) is 0. The first-order chi connectivity index (χ1) is 5.82. The van der Waals surface area contributed by atoms with Crippen molar-refractivity contribution in [3.63, 3.8) is 0 Å². The molecule has 0 saturated carbocycles. The van der Waals surface area contributed by atoms with Crippen molar-refractivity contribution in [3.05, 3.63) is 0 Å². The van der Waals surface area contributed by atoms with Crippen LogP contribution in [0.25, 0.3) is 0 Å². The van der Waals surface area contributed by atoms with E-state index >= 15 is 0 Å². The molecule has 52 valence electrons. The summed E-state index contributed by atoms with van der Waals surface area (Å²) in [6.45, 7) is -3.93. The number of aliphatic hydroxyl groups excluding tert-OH is 1. The molecule has 0 unspecified atom stereocenters. The summed E-state index contributed by atoms with van der Waals surface area (Å²) < 4.78 is 38.4. The van der Waals surface area contributed by atoms with Gasteiger partial charge in [-0.1, -0.05) is 0 Å². The molecule has 0 aromatic rings. The minimum Gasteiger partial charge on any atom is -0.390 e. The van der Waals surface area contributed by atoms with Crippen molar-refractivity contribution in [2.75, 3.05) is 13.1 Å². The van der Waals surface area contributed by atoms with E-state index < -0.39 is 31.4 Å². The molecule has 0 radical (unpaired) electrons. The van der Waals surface area contributed by atoms with Crippen molar-refractivity contribution in [2.24, 2.45) is 5.92 Å². The molecule has 2 saturated heterocycles. The summed E-state index contributed by atoms with van der Waals surface area (Å²) in [7, 11) is 0. The van der Waals surface area contributed by atoms with Gasteiger partial charge in [0.1, 0.15) is 0 Å². The quantitative estimate of drug-likeness (QED) is 0.496. The van der Waals surface area contributed by atoms with Gasteiger partial charge in [-0.25, -0.2) is 0 Å². The van der Waals surface area contributed by atoms with Gasteiger partial charge in [0.15, 0.2) is 6.29 Å². The number of hydrogen-bond donors (Lipinski definition) is 1. The highest BCUT2D eigenvalue weighted by Crippen LogP contribution is 2.30. The van der Waals surface area contributed by atoms with E-state index in [9.17, 15) is 5.11 Å². The van der Waals surface area contributed by atoms with Crippen LogP contribution in [-0.2, 0) is 9.47 Å². The minimum atomic E-state index is -2.12. The zero-order chi connectivity index (χ0) is 9.85. The largest absolute Gasteiger partial charge is 0.390 e. The van der Waals surface area contributed by atoms with Crippen LogP contribution in [0.4, 0.5) is 0 Å². The van der Waals surface area contributed by atoms with E-state index in [0.717, 1.165) is 0 Å². The number of ether oxygens (including phenoxy) is 2. The molecule has 0 aliphatic carbocycles. The Balaban J connectivity index is 2.16. The standard InChI is InChI=1S/C6H10O3/c7-5-3-9-6-4(5)1-2-8-6/h4-7H,1-3H2/t4-,5-,6+/m0/s1/i2D2,3D2. The lowest BCUT2D eigenvalue weighted by Crippen LogP contribution is -2.18. The Hall–Kier alpha value is -0.120. The third kappa shape index (κ3) is 0.764. The molecule has 0 bridgehead atoms.